The first-order chi connectivity index (χ1) is 19.3. The predicted molar refractivity (Wildman–Crippen MR) is 157 cm³/mol. The van der Waals surface area contributed by atoms with Gasteiger partial charge in [0.2, 0.25) is 11.8 Å². The maximum atomic E-state index is 12.7. The fourth-order valence-corrected chi connectivity index (χ4v) is 4.09. The predicted octanol–water partition coefficient (Wildman–Crippen LogP) is 2.10. The lowest BCUT2D eigenvalue weighted by atomic mass is 10.1. The Kier molecular flexibility index (Phi) is 27.0. The zero-order valence-corrected chi connectivity index (χ0v) is 26.2. The van der Waals surface area contributed by atoms with Crippen LogP contribution < -0.4 is 10.6 Å². The van der Waals surface area contributed by atoms with Crippen LogP contribution in [0.5, 0.6) is 0 Å². The molecule has 1 unspecified atom stereocenters. The third kappa shape index (κ3) is 25.7. The summed E-state index contributed by atoms with van der Waals surface area (Å²) in [5.41, 5.74) is 0. The lowest BCUT2D eigenvalue weighted by Crippen LogP contribution is -2.39. The number of rotatable bonds is 29. The van der Waals surface area contributed by atoms with Gasteiger partial charge in [0.15, 0.2) is 0 Å². The molecule has 0 bridgehead atoms. The van der Waals surface area contributed by atoms with Crippen molar-refractivity contribution in [2.75, 3.05) is 98.1 Å². The van der Waals surface area contributed by atoms with Crippen LogP contribution >= 0.6 is 11.8 Å². The van der Waals surface area contributed by atoms with Gasteiger partial charge in [0.05, 0.1) is 77.1 Å². The van der Waals surface area contributed by atoms with Gasteiger partial charge in [-0.05, 0) is 12.3 Å². The molecule has 0 heterocycles. The van der Waals surface area contributed by atoms with Gasteiger partial charge in [0, 0.05) is 38.6 Å². The van der Waals surface area contributed by atoms with Gasteiger partial charge < -0.3 is 39.1 Å². The van der Waals surface area contributed by atoms with Gasteiger partial charge >= 0.3 is 0 Å². The minimum atomic E-state index is -0.680. The van der Waals surface area contributed by atoms with Crippen molar-refractivity contribution in [1.82, 2.24) is 10.6 Å². The molecule has 0 aliphatic heterocycles. The Balaban J connectivity index is 4.14. The second-order valence-electron chi connectivity index (χ2n) is 9.80. The molecule has 40 heavy (non-hydrogen) atoms. The second kappa shape index (κ2) is 27.9. The quantitative estimate of drug-likeness (QED) is 0.124. The van der Waals surface area contributed by atoms with Crippen molar-refractivity contribution >= 4 is 29.4 Å². The summed E-state index contributed by atoms with van der Waals surface area (Å²) in [6.45, 7) is 16.5. The summed E-state index contributed by atoms with van der Waals surface area (Å²) in [6, 6.07) is 0. The highest BCUT2D eigenvalue weighted by Gasteiger charge is 2.24. The Labute approximate surface area is 245 Å². The average Bonchev–Trinajstić information content (AvgIpc) is 2.91. The van der Waals surface area contributed by atoms with Gasteiger partial charge in [0.1, 0.15) is 5.78 Å². The van der Waals surface area contributed by atoms with Crippen molar-refractivity contribution in [1.29, 1.82) is 0 Å². The summed E-state index contributed by atoms with van der Waals surface area (Å²) in [5, 5.41) is 4.89. The summed E-state index contributed by atoms with van der Waals surface area (Å²) >= 11 is 1.18. The van der Waals surface area contributed by atoms with Gasteiger partial charge in [-0.3, -0.25) is 14.4 Å². The van der Waals surface area contributed by atoms with Gasteiger partial charge in [-0.2, -0.15) is 0 Å². The number of hydrogen-bond acceptors (Lipinski definition) is 10. The molecule has 0 fully saturated rings. The average molecular weight is 595 g/mol. The van der Waals surface area contributed by atoms with Gasteiger partial charge in [-0.15, -0.1) is 11.8 Å². The SMILES string of the molecule is CCCOCCOCCOCCNC(=O)CC(SCC(=O)C(C)C)C(=O)NCCOCCOCCOCC(C)C. The van der Waals surface area contributed by atoms with Crippen LogP contribution in [0.2, 0.25) is 0 Å². The minimum Gasteiger partial charge on any atom is -0.379 e. The molecule has 0 spiro atoms. The zero-order valence-electron chi connectivity index (χ0n) is 25.3. The van der Waals surface area contributed by atoms with Crippen LogP contribution in [0.3, 0.4) is 0 Å². The van der Waals surface area contributed by atoms with Crippen LogP contribution in [0.15, 0.2) is 0 Å². The standard InChI is InChI=1S/C28H54N2O9S/c1-6-9-34-12-15-37-16-13-35-10-7-29-27(32)20-26(40-22-25(31)24(4)5)28(33)30-8-11-36-14-17-38-18-19-39-21-23(2)3/h23-24,26H,6-22H2,1-5H3,(H,29,32)(H,30,33). The molecule has 11 nitrogen and oxygen atoms in total. The van der Waals surface area contributed by atoms with E-state index in [2.05, 4.69) is 31.4 Å². The summed E-state index contributed by atoms with van der Waals surface area (Å²) in [5.74, 6) is 0.00241. The third-order valence-electron chi connectivity index (χ3n) is 5.14. The van der Waals surface area contributed by atoms with Crippen molar-refractivity contribution in [3.05, 3.63) is 0 Å². The molecule has 2 amide bonds. The number of ether oxygens (including phenoxy) is 6. The zero-order chi connectivity index (χ0) is 29.8. The molecule has 0 aliphatic carbocycles. The molecular formula is C28H54N2O9S. The largest absolute Gasteiger partial charge is 0.379 e. The van der Waals surface area contributed by atoms with E-state index in [9.17, 15) is 14.4 Å². The van der Waals surface area contributed by atoms with Crippen molar-refractivity contribution in [3.8, 4) is 0 Å². The Bertz CT molecular complexity index is 639. The van der Waals surface area contributed by atoms with Crippen LogP contribution in [0.4, 0.5) is 0 Å². The number of Topliss-reactive ketones (excluding diaryl/α,β-unsaturated/α-hetero) is 1. The van der Waals surface area contributed by atoms with Crippen molar-refractivity contribution in [2.45, 2.75) is 52.7 Å². The Hall–Kier alpha value is -1.28. The molecular weight excluding hydrogens is 540 g/mol. The summed E-state index contributed by atoms with van der Waals surface area (Å²) < 4.78 is 32.6. The molecule has 0 aliphatic rings. The number of thioether (sulfide) groups is 1. The first-order valence-corrected chi connectivity index (χ1v) is 15.5. The normalized spacial score (nSPS) is 12.2. The van der Waals surface area contributed by atoms with Crippen LogP contribution in [0, 0.1) is 11.8 Å². The van der Waals surface area contributed by atoms with Crippen molar-refractivity contribution in [3.63, 3.8) is 0 Å². The second-order valence-corrected chi connectivity index (χ2v) is 11.0. The number of ketones is 1. The van der Waals surface area contributed by atoms with Gasteiger partial charge in [-0.25, -0.2) is 0 Å². The first kappa shape index (κ1) is 38.7. The Morgan fingerprint density at radius 1 is 0.650 bits per heavy atom. The molecule has 0 radical (unpaired) electrons. The van der Waals surface area contributed by atoms with E-state index in [0.717, 1.165) is 13.0 Å². The molecule has 236 valence electrons. The Morgan fingerprint density at radius 2 is 1.12 bits per heavy atom. The number of hydrogen-bond donors (Lipinski definition) is 2. The van der Waals surface area contributed by atoms with E-state index < -0.39 is 5.25 Å². The molecule has 0 saturated carbocycles. The highest BCUT2D eigenvalue weighted by molar-refractivity contribution is 8.01. The number of amides is 2. The highest BCUT2D eigenvalue weighted by Crippen LogP contribution is 2.17. The van der Waals surface area contributed by atoms with Crippen LogP contribution in [-0.4, -0.2) is 121 Å². The van der Waals surface area contributed by atoms with Gasteiger partial charge in [-0.1, -0.05) is 34.6 Å². The fourth-order valence-electron chi connectivity index (χ4n) is 2.89. The molecule has 0 aromatic rings. The van der Waals surface area contributed by atoms with E-state index in [1.165, 1.54) is 11.8 Å². The highest BCUT2D eigenvalue weighted by atomic mass is 32.2. The smallest absolute Gasteiger partial charge is 0.233 e. The van der Waals surface area contributed by atoms with E-state index in [4.69, 9.17) is 28.4 Å². The summed E-state index contributed by atoms with van der Waals surface area (Å²) in [6.07, 6.45) is 0.951. The van der Waals surface area contributed by atoms with Crippen LogP contribution in [-0.2, 0) is 42.8 Å². The third-order valence-corrected chi connectivity index (χ3v) is 6.37. The van der Waals surface area contributed by atoms with Crippen LogP contribution in [0.25, 0.3) is 0 Å². The number of carbonyl (C=O) groups is 3. The maximum absolute atomic E-state index is 12.7. The van der Waals surface area contributed by atoms with E-state index in [1.54, 1.807) is 0 Å². The topological polar surface area (TPSA) is 131 Å². The molecule has 1 atom stereocenters. The van der Waals surface area contributed by atoms with Crippen molar-refractivity contribution < 1.29 is 42.8 Å². The minimum absolute atomic E-state index is 0.0314. The lowest BCUT2D eigenvalue weighted by molar-refractivity contribution is -0.126. The van der Waals surface area contributed by atoms with Crippen molar-refractivity contribution in [2.24, 2.45) is 11.8 Å². The van der Waals surface area contributed by atoms with Gasteiger partial charge in [0.25, 0.3) is 0 Å². The van der Waals surface area contributed by atoms with E-state index in [1.807, 2.05) is 13.8 Å². The van der Waals surface area contributed by atoms with Crippen LogP contribution in [0.1, 0.15) is 47.5 Å². The monoisotopic (exact) mass is 594 g/mol. The number of nitrogens with one attached hydrogen (secondary N) is 2. The number of carbonyl (C=O) groups excluding carboxylic acids is 3. The molecule has 0 rings (SSSR count). The molecule has 0 aromatic heterocycles. The summed E-state index contributed by atoms with van der Waals surface area (Å²) in [7, 11) is 0. The molecule has 12 heteroatoms. The molecule has 0 aromatic carbocycles. The summed E-state index contributed by atoms with van der Waals surface area (Å²) in [4.78, 5) is 37.3. The first-order valence-electron chi connectivity index (χ1n) is 14.4. The lowest BCUT2D eigenvalue weighted by Gasteiger charge is -2.17. The van der Waals surface area contributed by atoms with E-state index in [0.29, 0.717) is 91.7 Å². The van der Waals surface area contributed by atoms with E-state index in [-0.39, 0.29) is 35.7 Å². The molecule has 2 N–H and O–H groups in total. The molecule has 0 saturated heterocycles. The Morgan fingerprint density at radius 3 is 1.62 bits per heavy atom. The van der Waals surface area contributed by atoms with E-state index >= 15 is 0 Å². The maximum Gasteiger partial charge on any atom is 0.233 e. The fraction of sp³-hybridized carbons (Fsp3) is 0.893.